The molecule has 1 saturated heterocycles. The third-order valence-electron chi connectivity index (χ3n) is 4.32. The van der Waals surface area contributed by atoms with Crippen molar-refractivity contribution in [3.8, 4) is 0 Å². The Morgan fingerprint density at radius 1 is 1.15 bits per heavy atom. The Morgan fingerprint density at radius 3 is 2.41 bits per heavy atom. The van der Waals surface area contributed by atoms with Crippen LogP contribution in [0.25, 0.3) is 0 Å². The van der Waals surface area contributed by atoms with Gasteiger partial charge < -0.3 is 10.2 Å². The van der Waals surface area contributed by atoms with E-state index < -0.39 is 22.4 Å². The molecule has 0 aliphatic carbocycles. The van der Waals surface area contributed by atoms with E-state index in [0.29, 0.717) is 13.0 Å². The molecule has 27 heavy (non-hydrogen) atoms. The Hall–Kier alpha value is -3.10. The molecule has 2 aromatic rings. The number of hydrogen-bond donors (Lipinski definition) is 1. The fraction of sp³-hybridized carbons (Fsp3) is 0.278. The lowest BCUT2D eigenvalue weighted by Crippen LogP contribution is -2.23. The van der Waals surface area contributed by atoms with Crippen LogP contribution in [0.2, 0.25) is 0 Å². The number of rotatable bonds is 5. The summed E-state index contributed by atoms with van der Waals surface area (Å²) >= 11 is 0. The van der Waals surface area contributed by atoms with Crippen LogP contribution in [0.3, 0.4) is 0 Å². The van der Waals surface area contributed by atoms with Crippen LogP contribution in [0.5, 0.6) is 0 Å². The van der Waals surface area contributed by atoms with E-state index in [9.17, 15) is 28.1 Å². The van der Waals surface area contributed by atoms with E-state index >= 15 is 0 Å². The van der Waals surface area contributed by atoms with Crippen LogP contribution in [-0.4, -0.2) is 17.4 Å². The number of nitro groups is 1. The average molecular weight is 379 g/mol. The molecule has 1 amide bonds. The van der Waals surface area contributed by atoms with Crippen LogP contribution in [0.4, 0.5) is 30.2 Å². The zero-order valence-corrected chi connectivity index (χ0v) is 14.1. The zero-order chi connectivity index (χ0) is 19.6. The summed E-state index contributed by atoms with van der Waals surface area (Å²) in [5.41, 5.74) is -0.548. The number of amides is 1. The molecule has 1 N–H and O–H groups in total. The first-order valence-corrected chi connectivity index (χ1v) is 8.24. The van der Waals surface area contributed by atoms with Crippen LogP contribution in [0.1, 0.15) is 24.0 Å². The van der Waals surface area contributed by atoms with Crippen molar-refractivity contribution in [1.82, 2.24) is 0 Å². The number of carbonyl (C=O) groups is 1. The van der Waals surface area contributed by atoms with Crippen molar-refractivity contribution in [3.05, 3.63) is 63.7 Å². The van der Waals surface area contributed by atoms with Crippen molar-refractivity contribution < 1.29 is 22.9 Å². The van der Waals surface area contributed by atoms with Crippen molar-refractivity contribution in [1.29, 1.82) is 0 Å². The second kappa shape index (κ2) is 7.26. The second-order valence-corrected chi connectivity index (χ2v) is 6.16. The first-order chi connectivity index (χ1) is 12.8. The summed E-state index contributed by atoms with van der Waals surface area (Å²) < 4.78 is 39.0. The van der Waals surface area contributed by atoms with E-state index in [4.69, 9.17) is 0 Å². The molecular formula is C18H16F3N3O3. The summed E-state index contributed by atoms with van der Waals surface area (Å²) in [6.45, 7) is 0.919. The number of nitrogens with one attached hydrogen (secondary N) is 1. The minimum atomic E-state index is -4.82. The second-order valence-electron chi connectivity index (χ2n) is 6.16. The van der Waals surface area contributed by atoms with Crippen LogP contribution in [0.15, 0.2) is 42.5 Å². The van der Waals surface area contributed by atoms with Gasteiger partial charge in [-0.05, 0) is 36.2 Å². The Morgan fingerprint density at radius 2 is 1.85 bits per heavy atom. The quantitative estimate of drug-likeness (QED) is 0.619. The molecule has 0 bridgehead atoms. The SMILES string of the molecule is O=C1CCCN1c1ccc(CNc2ccc([N+](=O)[O-])c(C(F)(F)F)c2)cc1. The average Bonchev–Trinajstić information content (AvgIpc) is 3.05. The lowest BCUT2D eigenvalue weighted by atomic mass is 10.1. The van der Waals surface area contributed by atoms with Gasteiger partial charge in [0.15, 0.2) is 0 Å². The third-order valence-corrected chi connectivity index (χ3v) is 4.32. The summed E-state index contributed by atoms with van der Waals surface area (Å²) in [6.07, 6.45) is -3.46. The number of benzene rings is 2. The van der Waals surface area contributed by atoms with Crippen molar-refractivity contribution >= 4 is 23.0 Å². The molecule has 0 unspecified atom stereocenters. The fourth-order valence-electron chi connectivity index (χ4n) is 2.95. The maximum Gasteiger partial charge on any atom is 0.423 e. The van der Waals surface area contributed by atoms with Gasteiger partial charge >= 0.3 is 6.18 Å². The van der Waals surface area contributed by atoms with E-state index in [1.807, 2.05) is 0 Å². The number of alkyl halides is 3. The van der Waals surface area contributed by atoms with E-state index in [1.54, 1.807) is 29.2 Å². The molecule has 3 rings (SSSR count). The Bertz CT molecular complexity index is 866. The molecule has 142 valence electrons. The number of halogens is 3. The van der Waals surface area contributed by atoms with Gasteiger partial charge in [0.25, 0.3) is 5.69 Å². The van der Waals surface area contributed by atoms with Gasteiger partial charge in [0.05, 0.1) is 4.92 Å². The number of carbonyl (C=O) groups excluding carboxylic acids is 1. The van der Waals surface area contributed by atoms with Crippen molar-refractivity contribution in [3.63, 3.8) is 0 Å². The normalized spacial score (nSPS) is 14.5. The maximum absolute atomic E-state index is 13.0. The van der Waals surface area contributed by atoms with Gasteiger partial charge in [-0.3, -0.25) is 14.9 Å². The molecule has 0 saturated carbocycles. The molecule has 1 heterocycles. The summed E-state index contributed by atoms with van der Waals surface area (Å²) in [5.74, 6) is 0.0754. The molecule has 0 radical (unpaired) electrons. The molecular weight excluding hydrogens is 363 g/mol. The molecule has 1 fully saturated rings. The largest absolute Gasteiger partial charge is 0.423 e. The van der Waals surface area contributed by atoms with Gasteiger partial charge in [0.2, 0.25) is 5.91 Å². The van der Waals surface area contributed by atoms with Crippen molar-refractivity contribution in [2.24, 2.45) is 0 Å². The maximum atomic E-state index is 13.0. The summed E-state index contributed by atoms with van der Waals surface area (Å²) in [5, 5.41) is 13.6. The van der Waals surface area contributed by atoms with Crippen LogP contribution >= 0.6 is 0 Å². The van der Waals surface area contributed by atoms with Crippen LogP contribution < -0.4 is 10.2 Å². The Kier molecular flexibility index (Phi) is 5.02. The highest BCUT2D eigenvalue weighted by molar-refractivity contribution is 5.95. The predicted octanol–water partition coefficient (Wildman–Crippen LogP) is 4.35. The number of nitrogens with zero attached hydrogens (tertiary/aromatic N) is 2. The van der Waals surface area contributed by atoms with E-state index in [2.05, 4.69) is 5.32 Å². The molecule has 1 aliphatic rings. The smallest absolute Gasteiger partial charge is 0.381 e. The Labute approximate surface area is 152 Å². The molecule has 0 aromatic heterocycles. The Balaban J connectivity index is 1.71. The number of anilines is 2. The summed E-state index contributed by atoms with van der Waals surface area (Å²) in [7, 11) is 0. The minimum absolute atomic E-state index is 0.0754. The molecule has 1 aliphatic heterocycles. The monoisotopic (exact) mass is 379 g/mol. The molecule has 9 heteroatoms. The first-order valence-electron chi connectivity index (χ1n) is 8.24. The standard InChI is InChI=1S/C18H16F3N3O3/c19-18(20,21)15-10-13(5-8-16(15)24(26)27)22-11-12-3-6-14(7-4-12)23-9-1-2-17(23)25/h3-8,10,22H,1-2,9,11H2. The lowest BCUT2D eigenvalue weighted by Gasteiger charge is -2.16. The van der Waals surface area contributed by atoms with E-state index in [0.717, 1.165) is 29.8 Å². The van der Waals surface area contributed by atoms with Gasteiger partial charge in [-0.1, -0.05) is 12.1 Å². The molecule has 6 nitrogen and oxygen atoms in total. The highest BCUT2D eigenvalue weighted by atomic mass is 19.4. The van der Waals surface area contributed by atoms with Gasteiger partial charge in [-0.15, -0.1) is 0 Å². The van der Waals surface area contributed by atoms with Gasteiger partial charge in [-0.2, -0.15) is 13.2 Å². The van der Waals surface area contributed by atoms with Crippen LogP contribution in [-0.2, 0) is 17.5 Å². The fourth-order valence-corrected chi connectivity index (χ4v) is 2.95. The number of hydrogen-bond acceptors (Lipinski definition) is 4. The number of nitro benzene ring substituents is 1. The molecule has 2 aromatic carbocycles. The van der Waals surface area contributed by atoms with E-state index in [-0.39, 0.29) is 18.1 Å². The summed E-state index contributed by atoms with van der Waals surface area (Å²) in [4.78, 5) is 23.2. The van der Waals surface area contributed by atoms with Gasteiger partial charge in [0.1, 0.15) is 5.56 Å². The highest BCUT2D eigenvalue weighted by Gasteiger charge is 2.38. The minimum Gasteiger partial charge on any atom is -0.381 e. The highest BCUT2D eigenvalue weighted by Crippen LogP contribution is 2.37. The lowest BCUT2D eigenvalue weighted by molar-refractivity contribution is -0.388. The van der Waals surface area contributed by atoms with Crippen molar-refractivity contribution in [2.45, 2.75) is 25.6 Å². The van der Waals surface area contributed by atoms with Gasteiger partial charge in [0, 0.05) is 37.0 Å². The van der Waals surface area contributed by atoms with Crippen LogP contribution in [0, 0.1) is 10.1 Å². The molecule has 0 atom stereocenters. The predicted molar refractivity (Wildman–Crippen MR) is 93.5 cm³/mol. The first kappa shape index (κ1) is 18.7. The van der Waals surface area contributed by atoms with Crippen molar-refractivity contribution in [2.75, 3.05) is 16.8 Å². The third kappa shape index (κ3) is 4.18. The zero-order valence-electron chi connectivity index (χ0n) is 14.1. The summed E-state index contributed by atoms with van der Waals surface area (Å²) in [6, 6.07) is 9.95. The topological polar surface area (TPSA) is 75.5 Å². The van der Waals surface area contributed by atoms with Gasteiger partial charge in [-0.25, -0.2) is 0 Å². The molecule has 0 spiro atoms. The van der Waals surface area contributed by atoms with E-state index in [1.165, 1.54) is 6.07 Å².